The monoisotopic (exact) mass is 381 g/mol. The van der Waals surface area contributed by atoms with E-state index in [9.17, 15) is 14.4 Å². The number of amides is 3. The summed E-state index contributed by atoms with van der Waals surface area (Å²) in [5.74, 6) is -0.0486. The first-order valence-corrected chi connectivity index (χ1v) is 9.11. The van der Waals surface area contributed by atoms with E-state index >= 15 is 0 Å². The van der Waals surface area contributed by atoms with Crippen LogP contribution in [0.25, 0.3) is 0 Å². The van der Waals surface area contributed by atoms with Crippen LogP contribution in [0.1, 0.15) is 31.4 Å². The maximum absolute atomic E-state index is 12.6. The van der Waals surface area contributed by atoms with Gasteiger partial charge >= 0.3 is 0 Å². The van der Waals surface area contributed by atoms with Gasteiger partial charge in [-0.1, -0.05) is 30.3 Å². The minimum Gasteiger partial charge on any atom is -0.496 e. The number of nitrogens with zero attached hydrogens (tertiary/aromatic N) is 1. The Balaban J connectivity index is 1.59. The highest BCUT2D eigenvalue weighted by Gasteiger charge is 2.26. The number of rotatable bonds is 6. The standard InChI is InChI=1S/C21H23N3O4/c1-14(15-7-3-6-10-18(15)28-2)22-19(25)11-12-21(27)24-13-20(26)23-16-8-4-5-9-17(16)24/h3-10,14H,11-13H2,1-2H3,(H,22,25)(H,23,26)/t14-/m1/s1. The molecule has 28 heavy (non-hydrogen) atoms. The number of ether oxygens (including phenoxy) is 1. The average Bonchev–Trinajstić information content (AvgIpc) is 2.71. The summed E-state index contributed by atoms with van der Waals surface area (Å²) in [5.41, 5.74) is 2.11. The van der Waals surface area contributed by atoms with Crippen LogP contribution in [0.5, 0.6) is 5.75 Å². The van der Waals surface area contributed by atoms with Gasteiger partial charge < -0.3 is 20.3 Å². The van der Waals surface area contributed by atoms with E-state index in [2.05, 4.69) is 10.6 Å². The maximum Gasteiger partial charge on any atom is 0.244 e. The first-order valence-electron chi connectivity index (χ1n) is 9.11. The van der Waals surface area contributed by atoms with E-state index in [1.165, 1.54) is 4.90 Å². The molecule has 0 fully saturated rings. The largest absolute Gasteiger partial charge is 0.496 e. The van der Waals surface area contributed by atoms with Crippen molar-refractivity contribution >= 4 is 29.1 Å². The van der Waals surface area contributed by atoms with Crippen LogP contribution in [-0.4, -0.2) is 31.4 Å². The molecular formula is C21H23N3O4. The summed E-state index contributed by atoms with van der Waals surface area (Å²) < 4.78 is 5.32. The van der Waals surface area contributed by atoms with E-state index in [-0.39, 0.29) is 43.1 Å². The molecule has 1 aliphatic heterocycles. The first kappa shape index (κ1) is 19.4. The second-order valence-electron chi connectivity index (χ2n) is 6.58. The molecule has 3 amide bonds. The normalized spacial score (nSPS) is 13.9. The molecule has 2 aromatic carbocycles. The van der Waals surface area contributed by atoms with Crippen LogP contribution in [0.15, 0.2) is 48.5 Å². The van der Waals surface area contributed by atoms with Crippen molar-refractivity contribution in [2.24, 2.45) is 0 Å². The van der Waals surface area contributed by atoms with Crippen LogP contribution < -0.4 is 20.3 Å². The zero-order chi connectivity index (χ0) is 20.1. The fraction of sp³-hybridized carbons (Fsp3) is 0.286. The van der Waals surface area contributed by atoms with Gasteiger partial charge in [0.2, 0.25) is 17.7 Å². The molecule has 0 unspecified atom stereocenters. The van der Waals surface area contributed by atoms with Gasteiger partial charge in [0.1, 0.15) is 12.3 Å². The molecule has 2 aromatic rings. The molecule has 7 nitrogen and oxygen atoms in total. The molecule has 0 saturated heterocycles. The second kappa shape index (κ2) is 8.56. The van der Waals surface area contributed by atoms with Gasteiger partial charge in [-0.15, -0.1) is 0 Å². The van der Waals surface area contributed by atoms with Crippen LogP contribution in [0.4, 0.5) is 11.4 Å². The molecular weight excluding hydrogens is 358 g/mol. The summed E-state index contributed by atoms with van der Waals surface area (Å²) in [5, 5.41) is 5.63. The van der Waals surface area contributed by atoms with Crippen LogP contribution in [0.3, 0.4) is 0 Å². The van der Waals surface area contributed by atoms with Crippen molar-refractivity contribution in [3.05, 3.63) is 54.1 Å². The molecule has 3 rings (SSSR count). The highest BCUT2D eigenvalue weighted by Crippen LogP contribution is 2.29. The average molecular weight is 381 g/mol. The molecule has 0 aliphatic carbocycles. The van der Waals surface area contributed by atoms with E-state index in [1.54, 1.807) is 31.4 Å². The summed E-state index contributed by atoms with van der Waals surface area (Å²) in [4.78, 5) is 38.2. The lowest BCUT2D eigenvalue weighted by Crippen LogP contribution is -2.42. The Morgan fingerprint density at radius 3 is 2.64 bits per heavy atom. The molecule has 7 heteroatoms. The first-order chi connectivity index (χ1) is 13.5. The Kier molecular flexibility index (Phi) is 5.93. The lowest BCUT2D eigenvalue weighted by molar-refractivity contribution is -0.126. The zero-order valence-corrected chi connectivity index (χ0v) is 15.9. The van der Waals surface area contributed by atoms with Gasteiger partial charge in [0, 0.05) is 18.4 Å². The van der Waals surface area contributed by atoms with Gasteiger partial charge in [-0.05, 0) is 25.1 Å². The summed E-state index contributed by atoms with van der Waals surface area (Å²) in [6.45, 7) is 1.82. The van der Waals surface area contributed by atoms with Crippen molar-refractivity contribution in [2.45, 2.75) is 25.8 Å². The third-order valence-corrected chi connectivity index (χ3v) is 4.62. The summed E-state index contributed by atoms with van der Waals surface area (Å²) in [6.07, 6.45) is 0.0602. The highest BCUT2D eigenvalue weighted by molar-refractivity contribution is 6.10. The Morgan fingerprint density at radius 1 is 1.14 bits per heavy atom. The van der Waals surface area contributed by atoms with Crippen molar-refractivity contribution in [2.75, 3.05) is 23.9 Å². The Morgan fingerprint density at radius 2 is 1.86 bits per heavy atom. The van der Waals surface area contributed by atoms with Crippen molar-refractivity contribution < 1.29 is 19.1 Å². The Hall–Kier alpha value is -3.35. The highest BCUT2D eigenvalue weighted by atomic mass is 16.5. The smallest absolute Gasteiger partial charge is 0.244 e. The Bertz CT molecular complexity index is 897. The van der Waals surface area contributed by atoms with Crippen molar-refractivity contribution in [1.82, 2.24) is 5.32 Å². The van der Waals surface area contributed by atoms with Gasteiger partial charge in [-0.3, -0.25) is 14.4 Å². The fourth-order valence-electron chi connectivity index (χ4n) is 3.23. The number of para-hydroxylation sites is 3. The van der Waals surface area contributed by atoms with Gasteiger partial charge in [0.05, 0.1) is 24.5 Å². The quantitative estimate of drug-likeness (QED) is 0.805. The van der Waals surface area contributed by atoms with E-state index in [0.717, 1.165) is 5.56 Å². The number of hydrogen-bond donors (Lipinski definition) is 2. The molecule has 0 saturated carbocycles. The molecule has 0 bridgehead atoms. The van der Waals surface area contributed by atoms with Gasteiger partial charge in [-0.2, -0.15) is 0 Å². The van der Waals surface area contributed by atoms with E-state index in [1.807, 2.05) is 31.2 Å². The maximum atomic E-state index is 12.6. The lowest BCUT2D eigenvalue weighted by Gasteiger charge is -2.29. The predicted octanol–water partition coefficient (Wildman–Crippen LogP) is 2.64. The number of nitrogens with one attached hydrogen (secondary N) is 2. The van der Waals surface area contributed by atoms with Crippen molar-refractivity contribution in [1.29, 1.82) is 0 Å². The van der Waals surface area contributed by atoms with Crippen LogP contribution in [0, 0.1) is 0 Å². The number of carbonyl (C=O) groups excluding carboxylic acids is 3. The van der Waals surface area contributed by atoms with Gasteiger partial charge in [-0.25, -0.2) is 0 Å². The summed E-state index contributed by atoms with van der Waals surface area (Å²) in [7, 11) is 1.58. The van der Waals surface area contributed by atoms with E-state index in [4.69, 9.17) is 4.74 Å². The van der Waals surface area contributed by atoms with Crippen molar-refractivity contribution in [3.8, 4) is 5.75 Å². The number of carbonyl (C=O) groups is 3. The molecule has 2 N–H and O–H groups in total. The molecule has 1 aliphatic rings. The number of hydrogen-bond acceptors (Lipinski definition) is 4. The van der Waals surface area contributed by atoms with Crippen LogP contribution >= 0.6 is 0 Å². The van der Waals surface area contributed by atoms with Crippen LogP contribution in [0.2, 0.25) is 0 Å². The van der Waals surface area contributed by atoms with E-state index < -0.39 is 0 Å². The topological polar surface area (TPSA) is 87.7 Å². The number of anilines is 2. The predicted molar refractivity (Wildman–Crippen MR) is 106 cm³/mol. The molecule has 0 radical (unpaired) electrons. The van der Waals surface area contributed by atoms with E-state index in [0.29, 0.717) is 17.1 Å². The number of fused-ring (bicyclic) bond motifs is 1. The second-order valence-corrected chi connectivity index (χ2v) is 6.58. The number of methoxy groups -OCH3 is 1. The molecule has 0 spiro atoms. The molecule has 0 aromatic heterocycles. The minimum absolute atomic E-state index is 0.0199. The van der Waals surface area contributed by atoms with Crippen molar-refractivity contribution in [3.63, 3.8) is 0 Å². The molecule has 146 valence electrons. The fourth-order valence-corrected chi connectivity index (χ4v) is 3.23. The third kappa shape index (κ3) is 4.31. The lowest BCUT2D eigenvalue weighted by atomic mass is 10.1. The molecule has 1 atom stereocenters. The third-order valence-electron chi connectivity index (χ3n) is 4.62. The number of benzene rings is 2. The summed E-state index contributed by atoms with van der Waals surface area (Å²) >= 11 is 0. The zero-order valence-electron chi connectivity index (χ0n) is 15.9. The molecule has 1 heterocycles. The SMILES string of the molecule is COc1ccccc1[C@@H](C)NC(=O)CCC(=O)N1CC(=O)Nc2ccccc21. The van der Waals surface area contributed by atoms with Gasteiger partial charge in [0.15, 0.2) is 0 Å². The summed E-state index contributed by atoms with van der Waals surface area (Å²) in [6, 6.07) is 14.3. The Labute approximate surface area is 163 Å². The van der Waals surface area contributed by atoms with Crippen LogP contribution in [-0.2, 0) is 14.4 Å². The van der Waals surface area contributed by atoms with Gasteiger partial charge in [0.25, 0.3) is 0 Å². The minimum atomic E-state index is -0.262.